The lowest BCUT2D eigenvalue weighted by Crippen LogP contribution is -2.27. The van der Waals surface area contributed by atoms with Crippen molar-refractivity contribution in [2.24, 2.45) is 5.73 Å². The molecule has 1 atom stereocenters. The first-order valence-corrected chi connectivity index (χ1v) is 6.82. The number of pyridine rings is 1. The number of nitrogens with zero attached hydrogens (tertiary/aromatic N) is 2. The second-order valence-corrected chi connectivity index (χ2v) is 4.87. The Kier molecular flexibility index (Phi) is 5.09. The normalized spacial score (nSPS) is 12.2. The highest BCUT2D eigenvalue weighted by atomic mass is 16.3. The molecule has 1 aromatic carbocycles. The van der Waals surface area contributed by atoms with Crippen LogP contribution in [0.5, 0.6) is 0 Å². The van der Waals surface area contributed by atoms with Crippen LogP contribution in [0.1, 0.15) is 24.1 Å². The summed E-state index contributed by atoms with van der Waals surface area (Å²) in [5.74, 6) is 0.854. The quantitative estimate of drug-likeness (QED) is 0.844. The molecule has 4 nitrogen and oxygen atoms in total. The summed E-state index contributed by atoms with van der Waals surface area (Å²) < 4.78 is 0. The predicted octanol–water partition coefficient (Wildman–Crippen LogP) is 2.10. The Morgan fingerprint density at radius 3 is 2.50 bits per heavy atom. The van der Waals surface area contributed by atoms with E-state index in [1.54, 1.807) is 6.20 Å². The molecule has 1 aromatic heterocycles. The van der Waals surface area contributed by atoms with E-state index in [1.807, 2.05) is 37.3 Å². The molecule has 0 saturated heterocycles. The van der Waals surface area contributed by atoms with Crippen LogP contribution in [0, 0.1) is 0 Å². The molecule has 2 aromatic rings. The maximum absolute atomic E-state index is 9.23. The van der Waals surface area contributed by atoms with Gasteiger partial charge in [0.05, 0.1) is 6.61 Å². The molecule has 0 aliphatic carbocycles. The Balaban J connectivity index is 2.15. The van der Waals surface area contributed by atoms with Crippen LogP contribution in [0.3, 0.4) is 0 Å². The first-order chi connectivity index (χ1) is 9.70. The lowest BCUT2D eigenvalue weighted by Gasteiger charge is -2.23. The number of aliphatic hydroxyl groups excluding tert-OH is 1. The van der Waals surface area contributed by atoms with Crippen molar-refractivity contribution in [1.29, 1.82) is 0 Å². The van der Waals surface area contributed by atoms with Crippen LogP contribution in [-0.4, -0.2) is 23.2 Å². The van der Waals surface area contributed by atoms with Gasteiger partial charge < -0.3 is 15.7 Å². The molecule has 0 spiro atoms. The molecule has 0 aliphatic rings. The second-order valence-electron chi connectivity index (χ2n) is 4.87. The third-order valence-corrected chi connectivity index (χ3v) is 3.21. The highest BCUT2D eigenvalue weighted by molar-refractivity contribution is 5.41. The Morgan fingerprint density at radius 2 is 1.95 bits per heavy atom. The standard InChI is InChI=1S/C16H21N3O/c1-13(17)15-7-8-16(18-11-15)19(9-10-20)12-14-5-3-2-4-6-14/h2-8,11,13,20H,9-10,12,17H2,1H3. The molecule has 2 rings (SSSR count). The maximum atomic E-state index is 9.23. The largest absolute Gasteiger partial charge is 0.395 e. The van der Waals surface area contributed by atoms with Crippen LogP contribution in [0.2, 0.25) is 0 Å². The third kappa shape index (κ3) is 3.79. The number of hydrogen-bond acceptors (Lipinski definition) is 4. The SMILES string of the molecule is CC(N)c1ccc(N(CCO)Cc2ccccc2)nc1. The van der Waals surface area contributed by atoms with Crippen LogP contribution < -0.4 is 10.6 Å². The van der Waals surface area contributed by atoms with Gasteiger partial charge in [-0.05, 0) is 24.1 Å². The van der Waals surface area contributed by atoms with Crippen molar-refractivity contribution in [1.82, 2.24) is 4.98 Å². The number of benzene rings is 1. The van der Waals surface area contributed by atoms with Gasteiger partial charge in [0, 0.05) is 25.3 Å². The molecule has 1 heterocycles. The zero-order valence-electron chi connectivity index (χ0n) is 11.7. The fourth-order valence-electron chi connectivity index (χ4n) is 2.05. The van der Waals surface area contributed by atoms with E-state index < -0.39 is 0 Å². The van der Waals surface area contributed by atoms with Gasteiger partial charge in [-0.3, -0.25) is 0 Å². The zero-order valence-corrected chi connectivity index (χ0v) is 11.7. The molecule has 20 heavy (non-hydrogen) atoms. The highest BCUT2D eigenvalue weighted by Crippen LogP contribution is 2.17. The van der Waals surface area contributed by atoms with Gasteiger partial charge in [-0.2, -0.15) is 0 Å². The summed E-state index contributed by atoms with van der Waals surface area (Å²) in [4.78, 5) is 6.51. The van der Waals surface area contributed by atoms with E-state index in [4.69, 9.17) is 5.73 Å². The van der Waals surface area contributed by atoms with Gasteiger partial charge in [-0.15, -0.1) is 0 Å². The molecule has 0 radical (unpaired) electrons. The topological polar surface area (TPSA) is 62.4 Å². The molecular formula is C16H21N3O. The number of rotatable bonds is 6. The predicted molar refractivity (Wildman–Crippen MR) is 81.4 cm³/mol. The molecule has 0 amide bonds. The van der Waals surface area contributed by atoms with E-state index in [0.717, 1.165) is 17.9 Å². The average molecular weight is 271 g/mol. The van der Waals surface area contributed by atoms with E-state index in [9.17, 15) is 5.11 Å². The van der Waals surface area contributed by atoms with Crippen molar-refractivity contribution in [3.63, 3.8) is 0 Å². The minimum Gasteiger partial charge on any atom is -0.395 e. The summed E-state index contributed by atoms with van der Waals surface area (Å²) in [5.41, 5.74) is 8.03. The number of aromatic nitrogens is 1. The molecule has 3 N–H and O–H groups in total. The van der Waals surface area contributed by atoms with Crippen LogP contribution in [0.25, 0.3) is 0 Å². The summed E-state index contributed by atoms with van der Waals surface area (Å²) in [7, 11) is 0. The molecular weight excluding hydrogens is 250 g/mol. The van der Waals surface area contributed by atoms with E-state index in [2.05, 4.69) is 22.0 Å². The molecule has 0 saturated carbocycles. The van der Waals surface area contributed by atoms with Gasteiger partial charge in [0.2, 0.25) is 0 Å². The summed E-state index contributed by atoms with van der Waals surface area (Å²) in [6.07, 6.45) is 1.80. The van der Waals surface area contributed by atoms with Crippen molar-refractivity contribution >= 4 is 5.82 Å². The average Bonchev–Trinajstić information content (AvgIpc) is 2.48. The van der Waals surface area contributed by atoms with Gasteiger partial charge in [-0.1, -0.05) is 36.4 Å². The fourth-order valence-corrected chi connectivity index (χ4v) is 2.05. The van der Waals surface area contributed by atoms with Gasteiger partial charge in [0.1, 0.15) is 5.82 Å². The van der Waals surface area contributed by atoms with Gasteiger partial charge in [0.25, 0.3) is 0 Å². The Labute approximate surface area is 119 Å². The van der Waals surface area contributed by atoms with Gasteiger partial charge in [-0.25, -0.2) is 4.98 Å². The molecule has 0 bridgehead atoms. The Bertz CT molecular complexity index is 511. The smallest absolute Gasteiger partial charge is 0.128 e. The van der Waals surface area contributed by atoms with Crippen LogP contribution in [0.15, 0.2) is 48.7 Å². The van der Waals surface area contributed by atoms with Crippen LogP contribution in [0.4, 0.5) is 5.82 Å². The monoisotopic (exact) mass is 271 g/mol. The number of nitrogens with two attached hydrogens (primary N) is 1. The summed E-state index contributed by atoms with van der Waals surface area (Å²) in [6.45, 7) is 3.32. The molecule has 0 fully saturated rings. The Morgan fingerprint density at radius 1 is 1.20 bits per heavy atom. The van der Waals surface area contributed by atoms with Crippen molar-refractivity contribution in [2.45, 2.75) is 19.5 Å². The van der Waals surface area contributed by atoms with Gasteiger partial charge >= 0.3 is 0 Å². The minimum atomic E-state index is -0.0167. The number of hydrogen-bond donors (Lipinski definition) is 2. The van der Waals surface area contributed by atoms with Crippen molar-refractivity contribution in [2.75, 3.05) is 18.1 Å². The second kappa shape index (κ2) is 7.03. The van der Waals surface area contributed by atoms with Crippen LogP contribution in [-0.2, 0) is 6.54 Å². The van der Waals surface area contributed by atoms with Gasteiger partial charge in [0.15, 0.2) is 0 Å². The number of anilines is 1. The molecule has 106 valence electrons. The van der Waals surface area contributed by atoms with Crippen molar-refractivity contribution in [3.8, 4) is 0 Å². The zero-order chi connectivity index (χ0) is 14.4. The fraction of sp³-hybridized carbons (Fsp3) is 0.312. The van der Waals surface area contributed by atoms with Crippen molar-refractivity contribution < 1.29 is 5.11 Å². The lowest BCUT2D eigenvalue weighted by atomic mass is 10.1. The van der Waals surface area contributed by atoms with Crippen molar-refractivity contribution in [3.05, 3.63) is 59.8 Å². The summed E-state index contributed by atoms with van der Waals surface area (Å²) >= 11 is 0. The first-order valence-electron chi connectivity index (χ1n) is 6.82. The first kappa shape index (κ1) is 14.5. The van der Waals surface area contributed by atoms with E-state index >= 15 is 0 Å². The molecule has 1 unspecified atom stereocenters. The Hall–Kier alpha value is -1.91. The highest BCUT2D eigenvalue weighted by Gasteiger charge is 2.09. The molecule has 4 heteroatoms. The van der Waals surface area contributed by atoms with E-state index in [0.29, 0.717) is 6.54 Å². The minimum absolute atomic E-state index is 0.0167. The lowest BCUT2D eigenvalue weighted by molar-refractivity contribution is 0.301. The number of aliphatic hydroxyl groups is 1. The third-order valence-electron chi connectivity index (χ3n) is 3.21. The van der Waals surface area contributed by atoms with E-state index in [-0.39, 0.29) is 12.6 Å². The van der Waals surface area contributed by atoms with Crippen LogP contribution >= 0.6 is 0 Å². The summed E-state index contributed by atoms with van der Waals surface area (Å²) in [5, 5.41) is 9.23. The van der Waals surface area contributed by atoms with E-state index in [1.165, 1.54) is 5.56 Å². The molecule has 0 aliphatic heterocycles. The maximum Gasteiger partial charge on any atom is 0.128 e. The summed E-state index contributed by atoms with van der Waals surface area (Å²) in [6, 6.07) is 14.1.